The molecule has 10 aromatic rings. The summed E-state index contributed by atoms with van der Waals surface area (Å²) in [4.78, 5) is 70.4. The van der Waals surface area contributed by atoms with Crippen molar-refractivity contribution in [3.05, 3.63) is 181 Å². The average molecular weight is 1270 g/mol. The van der Waals surface area contributed by atoms with Gasteiger partial charge < -0.3 is 19.7 Å². The van der Waals surface area contributed by atoms with Crippen LogP contribution in [0.5, 0.6) is 11.5 Å². The van der Waals surface area contributed by atoms with Gasteiger partial charge in [0, 0.05) is 44.0 Å². The molecule has 3 N–H and O–H groups in total. The van der Waals surface area contributed by atoms with Crippen LogP contribution in [-0.2, 0) is 39.8 Å². The van der Waals surface area contributed by atoms with E-state index in [2.05, 4.69) is 44.5 Å². The molecule has 8 aromatic heterocycles. The van der Waals surface area contributed by atoms with Crippen LogP contribution in [0.3, 0.4) is 0 Å². The molecule has 448 valence electrons. The number of aromatic amines is 1. The molecule has 2 aromatic carbocycles. The van der Waals surface area contributed by atoms with Crippen molar-refractivity contribution >= 4 is 85.5 Å². The molecule has 20 nitrogen and oxygen atoms in total. The number of carbonyl (C=O) groups is 1. The number of fused-ring (bicyclic) bond motifs is 3. The van der Waals surface area contributed by atoms with Crippen molar-refractivity contribution in [3.63, 3.8) is 0 Å². The number of aliphatic hydroxyl groups is 1. The number of rotatable bonds is 11. The monoisotopic (exact) mass is 1270 g/mol. The fourth-order valence-electron chi connectivity index (χ4n) is 8.15. The second kappa shape index (κ2) is 25.8. The summed E-state index contributed by atoms with van der Waals surface area (Å²) in [5.41, 5.74) is 0.691. The summed E-state index contributed by atoms with van der Waals surface area (Å²) in [6.45, 7) is 2.30. The molecule has 0 aliphatic rings. The van der Waals surface area contributed by atoms with Gasteiger partial charge in [-0.2, -0.15) is 17.6 Å². The molecule has 0 radical (unpaired) electrons. The number of ether oxygens (including phenoxy) is 2. The molecule has 0 unspecified atom stereocenters. The summed E-state index contributed by atoms with van der Waals surface area (Å²) >= 11 is 21.7. The first-order valence-corrected chi connectivity index (χ1v) is 25.8. The molecule has 0 amide bonds. The van der Waals surface area contributed by atoms with Gasteiger partial charge in [0.2, 0.25) is 0 Å². The van der Waals surface area contributed by atoms with Crippen LogP contribution in [0.15, 0.2) is 81.2 Å². The van der Waals surface area contributed by atoms with E-state index in [1.165, 1.54) is 76.7 Å². The summed E-state index contributed by atoms with van der Waals surface area (Å²) in [6, 6.07) is 13.4. The topological polar surface area (TPSA) is 245 Å². The van der Waals surface area contributed by atoms with Gasteiger partial charge in [-0.15, -0.1) is 0 Å². The highest BCUT2D eigenvalue weighted by atomic mass is 35.5. The van der Waals surface area contributed by atoms with E-state index in [-0.39, 0.29) is 90.1 Å². The number of carboxylic acids is 1. The smallest absolute Gasteiger partial charge is 0.387 e. The molecule has 85 heavy (non-hydrogen) atoms. The first kappa shape index (κ1) is 64.1. The van der Waals surface area contributed by atoms with Crippen LogP contribution in [-0.4, -0.2) is 87.8 Å². The summed E-state index contributed by atoms with van der Waals surface area (Å²) in [7, 11) is 4.48. The summed E-state index contributed by atoms with van der Waals surface area (Å²) in [5, 5.41) is 20.1. The largest absolute Gasteiger partial charge is 0.478 e. The number of hydrogen-bond donors (Lipinski definition) is 3. The zero-order chi connectivity index (χ0) is 62.8. The van der Waals surface area contributed by atoms with Gasteiger partial charge in [0.1, 0.15) is 27.9 Å². The Balaban J connectivity index is 0.000000178. The van der Waals surface area contributed by atoms with Gasteiger partial charge >= 0.3 is 19.2 Å². The highest BCUT2D eigenvalue weighted by Crippen LogP contribution is 2.30. The Kier molecular flexibility index (Phi) is 19.5. The van der Waals surface area contributed by atoms with Gasteiger partial charge in [0.15, 0.2) is 61.5 Å². The lowest BCUT2D eigenvalue weighted by atomic mass is 10.1. The van der Waals surface area contributed by atoms with Gasteiger partial charge in [-0.25, -0.2) is 52.3 Å². The van der Waals surface area contributed by atoms with Gasteiger partial charge in [0.25, 0.3) is 16.7 Å². The number of halogens is 12. The number of alkyl halides is 4. The van der Waals surface area contributed by atoms with Crippen molar-refractivity contribution in [2.24, 2.45) is 21.1 Å². The molecule has 8 heterocycles. The predicted molar refractivity (Wildman–Crippen MR) is 297 cm³/mol. The summed E-state index contributed by atoms with van der Waals surface area (Å²) in [6.07, 6.45) is 1.37. The second-order valence-electron chi connectivity index (χ2n) is 18.9. The van der Waals surface area contributed by atoms with E-state index in [1.807, 2.05) is 0 Å². The first-order valence-electron chi connectivity index (χ1n) is 24.2. The Hall–Kier alpha value is -8.44. The maximum absolute atomic E-state index is 15.1. The van der Waals surface area contributed by atoms with Crippen LogP contribution >= 0.6 is 46.4 Å². The lowest BCUT2D eigenvalue weighted by Gasteiger charge is -2.17. The number of nitrogens with zero attached hydrogens (tertiary/aromatic N) is 11. The van der Waals surface area contributed by atoms with Crippen LogP contribution in [0.25, 0.3) is 44.4 Å². The van der Waals surface area contributed by atoms with Crippen LogP contribution in [0.2, 0.25) is 20.6 Å². The number of benzene rings is 2. The third-order valence-corrected chi connectivity index (χ3v) is 13.4. The van der Waals surface area contributed by atoms with E-state index < -0.39 is 69.9 Å². The van der Waals surface area contributed by atoms with Crippen LogP contribution in [0, 0.1) is 44.0 Å². The first-order chi connectivity index (χ1) is 39.7. The minimum absolute atomic E-state index is 0.0110. The van der Waals surface area contributed by atoms with Crippen molar-refractivity contribution in [3.8, 4) is 22.8 Å². The third-order valence-electron chi connectivity index (χ3n) is 12.3. The number of nitrogens with one attached hydrogen (secondary N) is 1. The van der Waals surface area contributed by atoms with Crippen LogP contribution in [0.1, 0.15) is 58.0 Å². The molecular weight excluding hydrogens is 1230 g/mol. The van der Waals surface area contributed by atoms with E-state index in [4.69, 9.17) is 51.5 Å². The maximum Gasteiger partial charge on any atom is 0.387 e. The standard InChI is InChI=1S/C24H24F3N5O3.C16H13ClF3N3O2.C7H5ClFN3O.C6H2Cl2FNO2/c1-12-6-7-18(35-23(26)27)14(8-12)11-32-20-15(21(33)31(32)5)9-17(25)19(30-20)16-10-28-22(24(3,4)34)29-13(16)2;1-8-3-4-12(25-16(19)20)9(5-8)7-23-14-10(15(24)22(23)2)6-11(18)13(17)21-14;1-12-7(13)3-2-4(9)5(8)10-6(3)11-12;7-4-2(6(11)12)1-3(9)5(8)10-4/h6-10,23,34H,11H2,1-5H3;3-6,16H,7H2,1-2H3;2H,1H3,(H,10,11);1H,(H,11,12). The second-order valence-corrected chi connectivity index (χ2v) is 20.3. The highest BCUT2D eigenvalue weighted by molar-refractivity contribution is 6.34. The lowest BCUT2D eigenvalue weighted by Crippen LogP contribution is -2.20. The average Bonchev–Trinajstić information content (AvgIpc) is 1.93. The van der Waals surface area contributed by atoms with Crippen molar-refractivity contribution in [2.45, 2.75) is 66.5 Å². The van der Waals surface area contributed by atoms with Crippen LogP contribution < -0.4 is 26.2 Å². The molecule has 0 spiro atoms. The highest BCUT2D eigenvalue weighted by Gasteiger charge is 2.25. The van der Waals surface area contributed by atoms with Crippen molar-refractivity contribution in [1.82, 2.24) is 58.4 Å². The Morgan fingerprint density at radius 3 is 1.56 bits per heavy atom. The Bertz CT molecular complexity index is 4410. The molecule has 0 bridgehead atoms. The fourth-order valence-corrected chi connectivity index (χ4v) is 8.83. The third kappa shape index (κ3) is 14.4. The molecule has 0 atom stereocenters. The molecule has 0 aliphatic heterocycles. The van der Waals surface area contributed by atoms with E-state index in [9.17, 15) is 55.0 Å². The number of aromatic nitrogens is 12. The summed E-state index contributed by atoms with van der Waals surface area (Å²) in [5.74, 6) is -4.36. The van der Waals surface area contributed by atoms with Gasteiger partial charge in [-0.3, -0.25) is 42.9 Å². The quantitative estimate of drug-likeness (QED) is 0.0806. The molecule has 0 aliphatic carbocycles. The molecule has 0 fully saturated rings. The zero-order valence-electron chi connectivity index (χ0n) is 45.2. The maximum atomic E-state index is 15.1. The molecule has 0 saturated heterocycles. The minimum Gasteiger partial charge on any atom is -0.478 e. The Labute approximate surface area is 493 Å². The van der Waals surface area contributed by atoms with Gasteiger partial charge in [0.05, 0.1) is 40.5 Å². The normalized spacial score (nSPS) is 11.4. The van der Waals surface area contributed by atoms with E-state index >= 15 is 4.39 Å². The number of aryl methyl sites for hydroxylation is 4. The van der Waals surface area contributed by atoms with Crippen molar-refractivity contribution in [1.29, 1.82) is 0 Å². The SMILES string of the molecule is Cc1ccc(OC(F)F)c(Cn2c3nc(-c4cnc(C(C)(C)O)nc4C)c(F)cc3c(=O)n2C)c1.Cc1ccc(OC(F)F)c(Cn2c3nc(Cl)c(F)cc3c(=O)n2C)c1.Cn1[nH]c2nc(Cl)c(F)cc2c1=O.O=C(O)c1cc(F)c(Cl)nc1Cl. The molecule has 0 saturated carbocycles. The number of hydrogen-bond acceptors (Lipinski definition) is 13. The molecule has 10 rings (SSSR count). The lowest BCUT2D eigenvalue weighted by molar-refractivity contribution is -0.0511. The summed E-state index contributed by atoms with van der Waals surface area (Å²) < 4.78 is 121. The zero-order valence-corrected chi connectivity index (χ0v) is 48.2. The number of H-pyrrole nitrogens is 1. The Morgan fingerprint density at radius 1 is 0.624 bits per heavy atom. The fraction of sp³-hybridized carbons (Fsp3) is 0.245. The van der Waals surface area contributed by atoms with Gasteiger partial charge in [-0.1, -0.05) is 81.8 Å². The molecule has 32 heteroatoms. The number of pyridine rings is 4. The minimum atomic E-state index is -3.02. The van der Waals surface area contributed by atoms with Crippen molar-refractivity contribution < 1.29 is 59.6 Å². The van der Waals surface area contributed by atoms with E-state index in [1.54, 1.807) is 45.0 Å². The van der Waals surface area contributed by atoms with E-state index in [0.717, 1.165) is 35.4 Å². The predicted octanol–water partition coefficient (Wildman–Crippen LogP) is 10.6. The van der Waals surface area contributed by atoms with Gasteiger partial charge in [-0.05, 0) is 71.0 Å². The number of aromatic carboxylic acids is 1. The van der Waals surface area contributed by atoms with E-state index in [0.29, 0.717) is 22.5 Å². The van der Waals surface area contributed by atoms with Crippen molar-refractivity contribution in [2.75, 3.05) is 0 Å². The van der Waals surface area contributed by atoms with Crippen LogP contribution in [0.4, 0.5) is 35.1 Å². The number of carboxylic acid groups (broad SMARTS) is 1. The Morgan fingerprint density at radius 2 is 1.08 bits per heavy atom. The molecular formula is C53H44Cl4F8N12O8.